The van der Waals surface area contributed by atoms with Crippen molar-refractivity contribution in [1.29, 1.82) is 0 Å². The molecule has 0 spiro atoms. The van der Waals surface area contributed by atoms with Gasteiger partial charge in [0.15, 0.2) is 5.82 Å². The maximum Gasteiger partial charge on any atom is 0.261 e. The van der Waals surface area contributed by atoms with Crippen LogP contribution in [0.15, 0.2) is 41.7 Å². The van der Waals surface area contributed by atoms with Gasteiger partial charge in [0, 0.05) is 0 Å². The van der Waals surface area contributed by atoms with E-state index in [1.807, 2.05) is 30.3 Å². The number of nitrogens with zero attached hydrogens (tertiary/aromatic N) is 2. The molecule has 0 aliphatic rings. The van der Waals surface area contributed by atoms with E-state index in [0.29, 0.717) is 12.1 Å². The second-order valence-corrected chi connectivity index (χ2v) is 5.20. The lowest BCUT2D eigenvalue weighted by Gasteiger charge is -1.95. The average Bonchev–Trinajstić information content (AvgIpc) is 2.86. The molecule has 1 aromatic heterocycles. The zero-order valence-corrected chi connectivity index (χ0v) is 11.4. The first-order chi connectivity index (χ1) is 9.31. The molecule has 2 aromatic rings. The summed E-state index contributed by atoms with van der Waals surface area (Å²) in [7, 11) is -3.67. The van der Waals surface area contributed by atoms with E-state index in [9.17, 15) is 8.42 Å². The molecule has 0 saturated heterocycles. The van der Waals surface area contributed by atoms with Crippen LogP contribution in [0.4, 0.5) is 0 Å². The summed E-state index contributed by atoms with van der Waals surface area (Å²) in [5, 5.41) is 11.3. The van der Waals surface area contributed by atoms with Crippen LogP contribution in [-0.2, 0) is 10.1 Å². The molecule has 0 amide bonds. The largest absolute Gasteiger partial charge is 0.409 e. The zero-order valence-electron chi connectivity index (χ0n) is 10.6. The molecule has 0 atom stereocenters. The van der Waals surface area contributed by atoms with E-state index >= 15 is 0 Å². The smallest absolute Gasteiger partial charge is 0.261 e. The summed E-state index contributed by atoms with van der Waals surface area (Å²) in [6.45, 7) is 0. The molecule has 0 unspecified atom stereocenters. The Morgan fingerprint density at radius 1 is 1.35 bits per heavy atom. The van der Waals surface area contributed by atoms with Crippen LogP contribution in [0.5, 0.6) is 0 Å². The lowest BCUT2D eigenvalue weighted by Crippen LogP contribution is -2.14. The van der Waals surface area contributed by atoms with Gasteiger partial charge in [-0.2, -0.15) is 8.42 Å². The predicted octanol–water partition coefficient (Wildman–Crippen LogP) is 0.675. The second-order valence-electron chi connectivity index (χ2n) is 3.73. The minimum atomic E-state index is -3.67. The number of rotatable bonds is 2. The summed E-state index contributed by atoms with van der Waals surface area (Å²) in [5.41, 5.74) is 7.22. The summed E-state index contributed by atoms with van der Waals surface area (Å²) in [6.07, 6.45) is 2.36. The molecule has 8 nitrogen and oxygen atoms in total. The molecule has 2 rings (SSSR count). The highest BCUT2D eigenvalue weighted by atomic mass is 32.2. The number of nitrogens with two attached hydrogens (primary N) is 1. The topological polar surface area (TPSA) is 142 Å². The average molecular weight is 298 g/mol. The number of nitrogens with one attached hydrogen (secondary N) is 1. The molecule has 1 aromatic carbocycles. The number of aromatic amines is 1. The fourth-order valence-electron chi connectivity index (χ4n) is 1.26. The Labute approximate surface area is 115 Å². The number of hydrogen-bond donors (Lipinski definition) is 4. The first-order valence-electron chi connectivity index (χ1n) is 5.32. The molecule has 0 fully saturated rings. The van der Waals surface area contributed by atoms with Crippen LogP contribution in [0.2, 0.25) is 0 Å². The minimum Gasteiger partial charge on any atom is -0.409 e. The van der Waals surface area contributed by atoms with E-state index in [2.05, 4.69) is 15.1 Å². The predicted molar refractivity (Wildman–Crippen MR) is 74.0 cm³/mol. The molecule has 9 heteroatoms. The van der Waals surface area contributed by atoms with Gasteiger partial charge in [0.2, 0.25) is 5.84 Å². The maximum absolute atomic E-state index is 9.19. The van der Waals surface area contributed by atoms with Gasteiger partial charge < -0.3 is 15.9 Å². The van der Waals surface area contributed by atoms with Crippen LogP contribution in [0.3, 0.4) is 0 Å². The number of oxime groups is 1. The van der Waals surface area contributed by atoms with Gasteiger partial charge in [-0.3, -0.25) is 4.55 Å². The standard InChI is InChI=1S/C10H10N4O.CH4O3S/c11-9(14-15)10-12-6-8(13-10)7-4-2-1-3-5-7;1-5(2,3)4/h1-6,15H,(H2,11,14)(H,12,13);1H3,(H,2,3,4). The number of H-pyrrole nitrogens is 1. The van der Waals surface area contributed by atoms with Crippen LogP contribution in [0.25, 0.3) is 11.3 Å². The first-order valence-corrected chi connectivity index (χ1v) is 7.17. The summed E-state index contributed by atoms with van der Waals surface area (Å²) in [4.78, 5) is 6.95. The summed E-state index contributed by atoms with van der Waals surface area (Å²) in [6, 6.07) is 9.69. The Kier molecular flexibility index (Phi) is 5.23. The van der Waals surface area contributed by atoms with Gasteiger partial charge in [0.25, 0.3) is 10.1 Å². The van der Waals surface area contributed by atoms with E-state index in [0.717, 1.165) is 11.3 Å². The highest BCUT2D eigenvalue weighted by molar-refractivity contribution is 7.85. The van der Waals surface area contributed by atoms with Crippen molar-refractivity contribution in [2.45, 2.75) is 0 Å². The molecule has 108 valence electrons. The van der Waals surface area contributed by atoms with Crippen molar-refractivity contribution in [3.8, 4) is 11.3 Å². The number of amidine groups is 1. The summed E-state index contributed by atoms with van der Waals surface area (Å²) >= 11 is 0. The SMILES string of the molecule is CS(=O)(=O)O.N/C(=N\O)c1ncc(-c2ccccc2)[nH]1. The van der Waals surface area contributed by atoms with Crippen molar-refractivity contribution >= 4 is 16.0 Å². The highest BCUT2D eigenvalue weighted by Gasteiger charge is 2.05. The number of aromatic nitrogens is 2. The van der Waals surface area contributed by atoms with Gasteiger partial charge in [-0.25, -0.2) is 4.98 Å². The van der Waals surface area contributed by atoms with Crippen molar-refractivity contribution in [1.82, 2.24) is 9.97 Å². The normalized spacial score (nSPS) is 11.6. The van der Waals surface area contributed by atoms with Crippen LogP contribution < -0.4 is 5.73 Å². The van der Waals surface area contributed by atoms with Gasteiger partial charge in [0.05, 0.1) is 18.1 Å². The Hall–Kier alpha value is -2.39. The molecule has 0 saturated carbocycles. The molecule has 20 heavy (non-hydrogen) atoms. The quantitative estimate of drug-likeness (QED) is 0.211. The minimum absolute atomic E-state index is 0.0304. The summed E-state index contributed by atoms with van der Waals surface area (Å²) in [5.74, 6) is 0.327. The third-order valence-electron chi connectivity index (χ3n) is 2.01. The van der Waals surface area contributed by atoms with Crippen molar-refractivity contribution < 1.29 is 18.2 Å². The van der Waals surface area contributed by atoms with Crippen molar-refractivity contribution in [2.75, 3.05) is 6.26 Å². The van der Waals surface area contributed by atoms with Crippen LogP contribution in [-0.4, -0.2) is 40.2 Å². The van der Waals surface area contributed by atoms with E-state index in [4.69, 9.17) is 15.5 Å². The Bertz CT molecular complexity index is 671. The number of hydrogen-bond acceptors (Lipinski definition) is 5. The molecule has 0 aliphatic heterocycles. The number of benzene rings is 1. The van der Waals surface area contributed by atoms with E-state index < -0.39 is 10.1 Å². The first kappa shape index (κ1) is 15.7. The fourth-order valence-corrected chi connectivity index (χ4v) is 1.26. The molecule has 5 N–H and O–H groups in total. The lowest BCUT2D eigenvalue weighted by atomic mass is 10.2. The van der Waals surface area contributed by atoms with Crippen molar-refractivity contribution in [3.63, 3.8) is 0 Å². The molecular weight excluding hydrogens is 284 g/mol. The van der Waals surface area contributed by atoms with Gasteiger partial charge in [-0.05, 0) is 5.56 Å². The number of imidazole rings is 1. The molecule has 0 radical (unpaired) electrons. The Morgan fingerprint density at radius 3 is 2.40 bits per heavy atom. The van der Waals surface area contributed by atoms with E-state index in [1.165, 1.54) is 0 Å². The van der Waals surface area contributed by atoms with Gasteiger partial charge in [-0.15, -0.1) is 0 Å². The fraction of sp³-hybridized carbons (Fsp3) is 0.0909. The molecular formula is C11H14N4O4S. The van der Waals surface area contributed by atoms with E-state index in [1.54, 1.807) is 6.20 Å². The molecule has 0 aliphatic carbocycles. The zero-order chi connectivity index (χ0) is 15.2. The summed E-state index contributed by atoms with van der Waals surface area (Å²) < 4.78 is 25.9. The monoisotopic (exact) mass is 298 g/mol. The third-order valence-corrected chi connectivity index (χ3v) is 2.01. The van der Waals surface area contributed by atoms with Gasteiger partial charge >= 0.3 is 0 Å². The molecule has 0 bridgehead atoms. The highest BCUT2D eigenvalue weighted by Crippen LogP contribution is 2.15. The Morgan fingerprint density at radius 2 is 1.90 bits per heavy atom. The Balaban J connectivity index is 0.000000347. The molecule has 1 heterocycles. The van der Waals surface area contributed by atoms with Crippen LogP contribution in [0, 0.1) is 0 Å². The second kappa shape index (κ2) is 6.68. The van der Waals surface area contributed by atoms with E-state index in [-0.39, 0.29) is 5.84 Å². The maximum atomic E-state index is 9.19. The van der Waals surface area contributed by atoms with Crippen molar-refractivity contribution in [3.05, 3.63) is 42.4 Å². The third kappa shape index (κ3) is 5.50. The van der Waals surface area contributed by atoms with Crippen molar-refractivity contribution in [2.24, 2.45) is 10.9 Å². The van der Waals surface area contributed by atoms with Crippen LogP contribution >= 0.6 is 0 Å². The van der Waals surface area contributed by atoms with Gasteiger partial charge in [0.1, 0.15) is 0 Å². The van der Waals surface area contributed by atoms with Gasteiger partial charge in [-0.1, -0.05) is 35.5 Å². The van der Waals surface area contributed by atoms with Crippen LogP contribution in [0.1, 0.15) is 5.82 Å². The lowest BCUT2D eigenvalue weighted by molar-refractivity contribution is 0.318.